The quantitative estimate of drug-likeness (QED) is 0.409. The van der Waals surface area contributed by atoms with Gasteiger partial charge in [-0.1, -0.05) is 0 Å². The van der Waals surface area contributed by atoms with Gasteiger partial charge in [0.05, 0.1) is 29.2 Å². The monoisotopic (exact) mass is 586 g/mol. The first kappa shape index (κ1) is 30.5. The molecular weight excluding hydrogens is 553 g/mol. The molecule has 1 saturated heterocycles. The second-order valence-electron chi connectivity index (χ2n) is 11.3. The zero-order valence-electron chi connectivity index (χ0n) is 24.0. The Kier molecular flexibility index (Phi) is 8.33. The van der Waals surface area contributed by atoms with Crippen LogP contribution in [-0.2, 0) is 10.9 Å². The highest BCUT2D eigenvalue weighted by Crippen LogP contribution is 2.34. The predicted molar refractivity (Wildman–Crippen MR) is 150 cm³/mol. The molecule has 3 aromatic rings. The van der Waals surface area contributed by atoms with Gasteiger partial charge < -0.3 is 20.7 Å². The first-order valence-electron chi connectivity index (χ1n) is 13.4. The molecule has 1 aliphatic rings. The van der Waals surface area contributed by atoms with Crippen molar-refractivity contribution in [2.45, 2.75) is 71.7 Å². The number of pyridine rings is 1. The second-order valence-corrected chi connectivity index (χ2v) is 11.3. The summed E-state index contributed by atoms with van der Waals surface area (Å²) in [6.07, 6.45) is 1.44. The molecule has 1 fully saturated rings. The maximum Gasteiger partial charge on any atom is 0.416 e. The summed E-state index contributed by atoms with van der Waals surface area (Å²) in [7, 11) is 0. The molecule has 1 aliphatic heterocycles. The molecule has 0 aliphatic carbocycles. The number of carbonyl (C=O) groups excluding carboxylic acids is 2. The van der Waals surface area contributed by atoms with Crippen LogP contribution in [0.1, 0.15) is 78.7 Å². The van der Waals surface area contributed by atoms with E-state index in [1.807, 2.05) is 0 Å². The number of hydrogen-bond donors (Lipinski definition) is 2. The van der Waals surface area contributed by atoms with E-state index in [1.165, 1.54) is 20.0 Å². The number of benzene rings is 1. The summed E-state index contributed by atoms with van der Waals surface area (Å²) in [5, 5.41) is 2.62. The zero-order chi connectivity index (χ0) is 31.0. The highest BCUT2D eigenvalue weighted by molar-refractivity contribution is 6.06. The topological polar surface area (TPSA) is 132 Å². The fourth-order valence-electron chi connectivity index (χ4n) is 5.06. The summed E-state index contributed by atoms with van der Waals surface area (Å²) < 4.78 is 46.4. The summed E-state index contributed by atoms with van der Waals surface area (Å²) in [5.41, 5.74) is 4.50. The number of hydrogen-bond acceptors (Lipinski definition) is 7. The Labute approximate surface area is 240 Å². The van der Waals surface area contributed by atoms with E-state index in [-0.39, 0.29) is 34.4 Å². The Morgan fingerprint density at radius 1 is 1.07 bits per heavy atom. The van der Waals surface area contributed by atoms with Crippen molar-refractivity contribution in [3.8, 4) is 5.69 Å². The van der Waals surface area contributed by atoms with Crippen molar-refractivity contribution in [1.29, 1.82) is 0 Å². The SMILES string of the molecule is Cc1cc(C(F)(F)F)cc(C)c1-n1cnc(N)c(C(=O)Nc2cncc([C@H]3CCCCN3C(=O)OC(C)(C)C)c2)c1=O. The largest absolute Gasteiger partial charge is 0.444 e. The Morgan fingerprint density at radius 2 is 1.74 bits per heavy atom. The number of carbonyl (C=O) groups is 2. The first-order chi connectivity index (χ1) is 19.6. The average Bonchev–Trinajstić information content (AvgIpc) is 2.88. The van der Waals surface area contributed by atoms with Crippen LogP contribution >= 0.6 is 0 Å². The highest BCUT2D eigenvalue weighted by atomic mass is 19.4. The Morgan fingerprint density at radius 3 is 2.36 bits per heavy atom. The van der Waals surface area contributed by atoms with Crippen LogP contribution in [0, 0.1) is 13.8 Å². The number of rotatable bonds is 4. The van der Waals surface area contributed by atoms with Gasteiger partial charge in [-0.15, -0.1) is 0 Å². The number of nitrogens with two attached hydrogens (primary N) is 1. The van der Waals surface area contributed by atoms with Gasteiger partial charge in [-0.3, -0.25) is 19.1 Å². The summed E-state index contributed by atoms with van der Waals surface area (Å²) in [6, 6.07) is 3.18. The van der Waals surface area contributed by atoms with Gasteiger partial charge >= 0.3 is 12.3 Å². The Hall–Kier alpha value is -4.42. The van der Waals surface area contributed by atoms with E-state index in [4.69, 9.17) is 10.5 Å². The molecule has 2 aromatic heterocycles. The maximum atomic E-state index is 13.4. The molecule has 224 valence electrons. The van der Waals surface area contributed by atoms with E-state index in [2.05, 4.69) is 15.3 Å². The number of piperidine rings is 1. The van der Waals surface area contributed by atoms with Gasteiger partial charge in [0.1, 0.15) is 23.3 Å². The van der Waals surface area contributed by atoms with E-state index < -0.39 is 40.5 Å². The summed E-state index contributed by atoms with van der Waals surface area (Å²) in [6.45, 7) is 8.75. The Bertz CT molecular complexity index is 1560. The minimum absolute atomic E-state index is 0.165. The number of ether oxygens (including phenoxy) is 1. The summed E-state index contributed by atoms with van der Waals surface area (Å²) >= 11 is 0. The normalized spacial score (nSPS) is 15.8. The average molecular weight is 587 g/mol. The smallest absolute Gasteiger partial charge is 0.416 e. The van der Waals surface area contributed by atoms with Gasteiger partial charge in [0, 0.05) is 12.7 Å². The third kappa shape index (κ3) is 6.55. The number of aryl methyl sites for hydroxylation is 2. The van der Waals surface area contributed by atoms with E-state index >= 15 is 0 Å². The fourth-order valence-corrected chi connectivity index (χ4v) is 5.06. The van der Waals surface area contributed by atoms with Gasteiger partial charge in [0.15, 0.2) is 0 Å². The lowest BCUT2D eigenvalue weighted by Gasteiger charge is -2.37. The standard InChI is InChI=1S/C29H33F3N6O4/c1-16-10-19(29(30,31)32)11-17(2)23(16)38-15-35-24(33)22(26(38)40)25(39)36-20-12-18(13-34-14-20)21-8-6-7-9-37(21)27(41)42-28(3,4)5/h10-15,21H,6-9,33H2,1-5H3,(H,36,39)/t21-/m1/s1. The van der Waals surface area contributed by atoms with Gasteiger partial charge in [0.25, 0.3) is 11.5 Å². The van der Waals surface area contributed by atoms with Crippen LogP contribution in [0.3, 0.4) is 0 Å². The van der Waals surface area contributed by atoms with E-state index in [9.17, 15) is 27.6 Å². The van der Waals surface area contributed by atoms with Crippen molar-refractivity contribution in [2.75, 3.05) is 17.6 Å². The number of aromatic nitrogens is 3. The van der Waals surface area contributed by atoms with E-state index in [0.29, 0.717) is 18.5 Å². The molecule has 4 rings (SSSR count). The molecule has 0 unspecified atom stereocenters. The second kappa shape index (κ2) is 11.5. The van der Waals surface area contributed by atoms with Crippen LogP contribution in [0.25, 0.3) is 5.69 Å². The van der Waals surface area contributed by atoms with Crippen molar-refractivity contribution in [3.05, 3.63) is 75.1 Å². The molecule has 0 spiro atoms. The molecule has 1 aromatic carbocycles. The molecular formula is C29H33F3N6O4. The molecule has 3 N–H and O–H groups in total. The number of nitrogens with one attached hydrogen (secondary N) is 1. The van der Waals surface area contributed by atoms with Gasteiger partial charge in [-0.25, -0.2) is 9.78 Å². The molecule has 0 radical (unpaired) electrons. The van der Waals surface area contributed by atoms with Crippen molar-refractivity contribution in [1.82, 2.24) is 19.4 Å². The number of nitrogens with zero attached hydrogens (tertiary/aromatic N) is 4. The van der Waals surface area contributed by atoms with Crippen LogP contribution in [0.15, 0.2) is 41.7 Å². The minimum atomic E-state index is -4.56. The first-order valence-corrected chi connectivity index (χ1v) is 13.4. The molecule has 1 atom stereocenters. The number of amides is 2. The number of halogens is 3. The lowest BCUT2D eigenvalue weighted by Crippen LogP contribution is -2.41. The van der Waals surface area contributed by atoms with Gasteiger partial charge in [0.2, 0.25) is 0 Å². The van der Waals surface area contributed by atoms with E-state index in [1.54, 1.807) is 37.9 Å². The fraction of sp³-hybridized carbons (Fsp3) is 0.414. The van der Waals surface area contributed by atoms with Crippen LogP contribution in [0.2, 0.25) is 0 Å². The van der Waals surface area contributed by atoms with Gasteiger partial charge in [-0.2, -0.15) is 13.2 Å². The molecule has 0 saturated carbocycles. The predicted octanol–water partition coefficient (Wildman–Crippen LogP) is 5.56. The van der Waals surface area contributed by atoms with Crippen LogP contribution in [0.4, 0.5) is 29.5 Å². The summed E-state index contributed by atoms with van der Waals surface area (Å²) in [4.78, 5) is 49.5. The summed E-state index contributed by atoms with van der Waals surface area (Å²) in [5.74, 6) is -1.21. The highest BCUT2D eigenvalue weighted by Gasteiger charge is 2.33. The molecule has 2 amide bonds. The minimum Gasteiger partial charge on any atom is -0.444 e. The van der Waals surface area contributed by atoms with Gasteiger partial charge in [-0.05, 0) is 88.8 Å². The molecule has 3 heterocycles. The van der Waals surface area contributed by atoms with Crippen molar-refractivity contribution in [3.63, 3.8) is 0 Å². The van der Waals surface area contributed by atoms with Crippen molar-refractivity contribution in [2.24, 2.45) is 0 Å². The van der Waals surface area contributed by atoms with Crippen LogP contribution < -0.4 is 16.6 Å². The number of anilines is 2. The van der Waals surface area contributed by atoms with E-state index in [0.717, 1.165) is 35.9 Å². The van der Waals surface area contributed by atoms with Crippen LogP contribution in [0.5, 0.6) is 0 Å². The lowest BCUT2D eigenvalue weighted by atomic mass is 9.96. The number of alkyl halides is 3. The molecule has 10 nitrogen and oxygen atoms in total. The molecule has 42 heavy (non-hydrogen) atoms. The number of likely N-dealkylation sites (tertiary alicyclic amines) is 1. The number of nitrogen functional groups attached to an aromatic ring is 1. The third-order valence-corrected chi connectivity index (χ3v) is 6.82. The van der Waals surface area contributed by atoms with Crippen molar-refractivity contribution < 1.29 is 27.5 Å². The maximum absolute atomic E-state index is 13.4. The molecule has 13 heteroatoms. The van der Waals surface area contributed by atoms with Crippen molar-refractivity contribution >= 4 is 23.5 Å². The third-order valence-electron chi connectivity index (χ3n) is 6.82. The van der Waals surface area contributed by atoms with Crippen LogP contribution in [-0.4, -0.2) is 43.6 Å². The molecule has 0 bridgehead atoms. The zero-order valence-corrected chi connectivity index (χ0v) is 24.0. The lowest BCUT2D eigenvalue weighted by molar-refractivity contribution is -0.137. The Balaban J connectivity index is 1.64.